The average Bonchev–Trinajstić information content (AvgIpc) is 2.62. The van der Waals surface area contributed by atoms with Gasteiger partial charge in [0.25, 0.3) is 0 Å². The first-order valence-electron chi connectivity index (χ1n) is 8.28. The molecule has 0 spiro atoms. The van der Waals surface area contributed by atoms with Crippen LogP contribution in [0, 0.1) is 0 Å². The Balaban J connectivity index is 2.30. The predicted molar refractivity (Wildman–Crippen MR) is 102 cm³/mol. The minimum absolute atomic E-state index is 0.0397. The van der Waals surface area contributed by atoms with E-state index in [1.165, 1.54) is 14.2 Å². The van der Waals surface area contributed by atoms with Gasteiger partial charge in [0.15, 0.2) is 0 Å². The number of carboxylic acid groups (broad SMARTS) is 1. The Hall–Kier alpha value is -2.73. The molecule has 0 aliphatic carbocycles. The molecule has 2 aromatic rings. The summed E-state index contributed by atoms with van der Waals surface area (Å²) < 4.78 is 10.5. The second-order valence-corrected chi connectivity index (χ2v) is 6.69. The van der Waals surface area contributed by atoms with Gasteiger partial charge in [-0.1, -0.05) is 29.8 Å². The molecule has 0 radical (unpaired) electrons. The Morgan fingerprint density at radius 2 is 1.85 bits per heavy atom. The van der Waals surface area contributed by atoms with Crippen LogP contribution in [-0.2, 0) is 21.5 Å². The topological polar surface area (TPSA) is 84.9 Å². The summed E-state index contributed by atoms with van der Waals surface area (Å²) in [6.07, 6.45) is -0.326. The van der Waals surface area contributed by atoms with Crippen LogP contribution in [0.5, 0.6) is 11.5 Å². The molecule has 0 aromatic heterocycles. The van der Waals surface area contributed by atoms with Crippen LogP contribution in [-0.4, -0.2) is 31.2 Å². The monoisotopic (exact) mass is 391 g/mol. The van der Waals surface area contributed by atoms with Crippen LogP contribution < -0.4 is 14.8 Å². The number of benzene rings is 2. The van der Waals surface area contributed by atoms with Crippen LogP contribution in [0.1, 0.15) is 24.5 Å². The smallest absolute Gasteiger partial charge is 0.306 e. The fourth-order valence-corrected chi connectivity index (χ4v) is 3.13. The highest BCUT2D eigenvalue weighted by molar-refractivity contribution is 6.31. The highest BCUT2D eigenvalue weighted by Gasteiger charge is 2.32. The summed E-state index contributed by atoms with van der Waals surface area (Å²) in [4.78, 5) is 24.1. The summed E-state index contributed by atoms with van der Waals surface area (Å²) in [5, 5.41) is 12.6. The number of hydrogen-bond donors (Lipinski definition) is 2. The lowest BCUT2D eigenvalue weighted by molar-refractivity contribution is -0.139. The van der Waals surface area contributed by atoms with E-state index in [9.17, 15) is 14.7 Å². The molecule has 144 valence electrons. The molecule has 27 heavy (non-hydrogen) atoms. The standard InChI is InChI=1S/C20H22ClNO5/c1-20(12-19(24)25,13-6-4-7-14(10-13)26-2)22-18(23)11-15-16(21)8-5-9-17(15)27-3/h4-10H,11-12H2,1-3H3,(H,22,23)(H,24,25). The molecule has 0 aliphatic rings. The van der Waals surface area contributed by atoms with E-state index in [-0.39, 0.29) is 18.7 Å². The van der Waals surface area contributed by atoms with Crippen LogP contribution in [0.2, 0.25) is 5.02 Å². The first-order chi connectivity index (χ1) is 12.8. The number of amides is 1. The van der Waals surface area contributed by atoms with E-state index in [1.54, 1.807) is 49.4 Å². The van der Waals surface area contributed by atoms with Gasteiger partial charge in [0, 0.05) is 10.6 Å². The molecule has 2 N–H and O–H groups in total. The van der Waals surface area contributed by atoms with Crippen molar-refractivity contribution in [2.75, 3.05) is 14.2 Å². The van der Waals surface area contributed by atoms with Crippen LogP contribution in [0.15, 0.2) is 42.5 Å². The normalized spacial score (nSPS) is 12.7. The van der Waals surface area contributed by atoms with E-state index < -0.39 is 11.5 Å². The molecule has 0 aliphatic heterocycles. The lowest BCUT2D eigenvalue weighted by atomic mass is 9.88. The molecule has 1 atom stereocenters. The van der Waals surface area contributed by atoms with Crippen LogP contribution in [0.4, 0.5) is 0 Å². The third-order valence-corrected chi connectivity index (χ3v) is 4.61. The highest BCUT2D eigenvalue weighted by atomic mass is 35.5. The second kappa shape index (κ2) is 8.77. The molecule has 0 bridgehead atoms. The Labute approximate surface area is 163 Å². The largest absolute Gasteiger partial charge is 0.497 e. The maximum absolute atomic E-state index is 12.7. The number of aliphatic carboxylic acids is 1. The van der Waals surface area contributed by atoms with Crippen LogP contribution in [0.3, 0.4) is 0 Å². The molecular weight excluding hydrogens is 370 g/mol. The van der Waals surface area contributed by atoms with Gasteiger partial charge < -0.3 is 19.9 Å². The second-order valence-electron chi connectivity index (χ2n) is 6.28. The summed E-state index contributed by atoms with van der Waals surface area (Å²) in [6.45, 7) is 1.66. The lowest BCUT2D eigenvalue weighted by Crippen LogP contribution is -2.45. The van der Waals surface area contributed by atoms with Gasteiger partial charge in [0.2, 0.25) is 5.91 Å². The quantitative estimate of drug-likeness (QED) is 0.720. The van der Waals surface area contributed by atoms with Gasteiger partial charge in [0.1, 0.15) is 11.5 Å². The van der Waals surface area contributed by atoms with Gasteiger partial charge in [-0.3, -0.25) is 9.59 Å². The molecule has 7 heteroatoms. The molecule has 1 amide bonds. The van der Waals surface area contributed by atoms with Gasteiger partial charge in [-0.05, 0) is 36.8 Å². The minimum atomic E-state index is -1.12. The summed E-state index contributed by atoms with van der Waals surface area (Å²) >= 11 is 6.19. The SMILES string of the molecule is COc1cccc(C(C)(CC(=O)O)NC(=O)Cc2c(Cl)cccc2OC)c1. The fourth-order valence-electron chi connectivity index (χ4n) is 2.90. The molecule has 1 unspecified atom stereocenters. The van der Waals surface area contributed by atoms with Gasteiger partial charge in [-0.25, -0.2) is 0 Å². The van der Waals surface area contributed by atoms with Gasteiger partial charge in [0.05, 0.1) is 32.6 Å². The number of carbonyl (C=O) groups excluding carboxylic acids is 1. The summed E-state index contributed by atoms with van der Waals surface area (Å²) in [5.74, 6) is -0.325. The van der Waals surface area contributed by atoms with Crippen LogP contribution in [0.25, 0.3) is 0 Å². The van der Waals surface area contributed by atoms with Gasteiger partial charge >= 0.3 is 5.97 Å². The van der Waals surface area contributed by atoms with Crippen molar-refractivity contribution in [3.63, 3.8) is 0 Å². The fraction of sp³-hybridized carbons (Fsp3) is 0.300. The molecule has 2 aromatic carbocycles. The van der Waals surface area contributed by atoms with Crippen molar-refractivity contribution in [1.82, 2.24) is 5.32 Å². The first kappa shape index (κ1) is 20.6. The minimum Gasteiger partial charge on any atom is -0.497 e. The van der Waals surface area contributed by atoms with Crippen LogP contribution >= 0.6 is 11.6 Å². The third kappa shape index (κ3) is 5.14. The van der Waals surface area contributed by atoms with Crippen molar-refractivity contribution in [3.8, 4) is 11.5 Å². The van der Waals surface area contributed by atoms with Crippen molar-refractivity contribution in [1.29, 1.82) is 0 Å². The number of nitrogens with one attached hydrogen (secondary N) is 1. The number of carbonyl (C=O) groups is 2. The lowest BCUT2D eigenvalue weighted by Gasteiger charge is -2.30. The number of methoxy groups -OCH3 is 2. The average molecular weight is 392 g/mol. The predicted octanol–water partition coefficient (Wildman–Crippen LogP) is 3.41. The first-order valence-corrected chi connectivity index (χ1v) is 8.65. The molecular formula is C20H22ClNO5. The summed E-state index contributed by atoms with van der Waals surface area (Å²) in [5.41, 5.74) is 0.0533. The molecule has 2 rings (SSSR count). The number of carboxylic acids is 1. The summed E-state index contributed by atoms with van der Waals surface area (Å²) in [7, 11) is 3.02. The number of halogens is 1. The van der Waals surface area contributed by atoms with E-state index in [0.29, 0.717) is 27.6 Å². The van der Waals surface area contributed by atoms with Gasteiger partial charge in [-0.2, -0.15) is 0 Å². The van der Waals surface area contributed by atoms with Crippen molar-refractivity contribution >= 4 is 23.5 Å². The number of hydrogen-bond acceptors (Lipinski definition) is 4. The molecule has 0 saturated carbocycles. The van der Waals surface area contributed by atoms with E-state index in [1.807, 2.05) is 0 Å². The Kier molecular flexibility index (Phi) is 6.69. The van der Waals surface area contributed by atoms with Crippen molar-refractivity contribution in [3.05, 3.63) is 58.6 Å². The van der Waals surface area contributed by atoms with E-state index in [0.717, 1.165) is 0 Å². The van der Waals surface area contributed by atoms with E-state index in [4.69, 9.17) is 21.1 Å². The molecule has 6 nitrogen and oxygen atoms in total. The van der Waals surface area contributed by atoms with Crippen molar-refractivity contribution in [2.45, 2.75) is 25.3 Å². The molecule has 0 saturated heterocycles. The maximum atomic E-state index is 12.7. The Morgan fingerprint density at radius 3 is 2.48 bits per heavy atom. The van der Waals surface area contributed by atoms with Crippen molar-refractivity contribution < 1.29 is 24.2 Å². The summed E-state index contributed by atoms with van der Waals surface area (Å²) in [6, 6.07) is 12.1. The van der Waals surface area contributed by atoms with Gasteiger partial charge in [-0.15, -0.1) is 0 Å². The van der Waals surface area contributed by atoms with Crippen molar-refractivity contribution in [2.24, 2.45) is 0 Å². The molecule has 0 heterocycles. The Morgan fingerprint density at radius 1 is 1.15 bits per heavy atom. The Bertz CT molecular complexity index is 839. The maximum Gasteiger partial charge on any atom is 0.306 e. The molecule has 0 fully saturated rings. The zero-order valence-electron chi connectivity index (χ0n) is 15.4. The zero-order chi connectivity index (χ0) is 20.0. The third-order valence-electron chi connectivity index (χ3n) is 4.26. The zero-order valence-corrected chi connectivity index (χ0v) is 16.2. The number of ether oxygens (including phenoxy) is 2. The number of rotatable bonds is 8. The van der Waals surface area contributed by atoms with E-state index >= 15 is 0 Å². The highest BCUT2D eigenvalue weighted by Crippen LogP contribution is 2.30. The van der Waals surface area contributed by atoms with E-state index in [2.05, 4.69) is 5.32 Å².